The van der Waals surface area contributed by atoms with Crippen LogP contribution in [0.1, 0.15) is 0 Å². The second-order valence-electron chi connectivity index (χ2n) is 8.36. The van der Waals surface area contributed by atoms with Crippen molar-refractivity contribution in [3.63, 3.8) is 0 Å². The summed E-state index contributed by atoms with van der Waals surface area (Å²) >= 11 is 2.57. The molecule has 0 saturated carbocycles. The molecule has 0 amide bonds. The highest BCUT2D eigenvalue weighted by molar-refractivity contribution is 14.1. The van der Waals surface area contributed by atoms with E-state index in [1.165, 1.54) is 58.6 Å². The summed E-state index contributed by atoms with van der Waals surface area (Å²) in [6, 6.07) is 41.3. The van der Waals surface area contributed by atoms with Gasteiger partial charge in [-0.2, -0.15) is 0 Å². The molecule has 2 heterocycles. The van der Waals surface area contributed by atoms with Gasteiger partial charge >= 0.3 is 0 Å². The smallest absolute Gasteiger partial charge is 0.0573 e. The fourth-order valence-corrected chi connectivity index (χ4v) is 6.35. The summed E-state index contributed by atoms with van der Waals surface area (Å²) in [5.41, 5.74) is 7.31. The molecule has 3 heteroatoms. The summed E-state index contributed by atoms with van der Waals surface area (Å²) in [5.74, 6) is 0. The van der Waals surface area contributed by atoms with Gasteiger partial charge in [-0.25, -0.2) is 0 Å². The lowest BCUT2D eigenvalue weighted by Gasteiger charge is -2.10. The Kier molecular flexibility index (Phi) is 4.15. The van der Waals surface area contributed by atoms with Crippen LogP contribution < -0.4 is 0 Å². The van der Waals surface area contributed by atoms with Crippen molar-refractivity contribution >= 4 is 66.2 Å². The largest absolute Gasteiger partial charge is 0.309 e. The van der Waals surface area contributed by atoms with Gasteiger partial charge in [-0.1, -0.05) is 72.8 Å². The zero-order valence-electron chi connectivity index (χ0n) is 17.7. The van der Waals surface area contributed by atoms with Gasteiger partial charge in [0.05, 0.1) is 22.1 Å². The molecule has 5 aromatic carbocycles. The Hall–Kier alpha value is -3.57. The van der Waals surface area contributed by atoms with Crippen LogP contribution in [0.25, 0.3) is 55.0 Å². The molecular formula is C30H19IN2. The van der Waals surface area contributed by atoms with Gasteiger partial charge in [0.15, 0.2) is 0 Å². The van der Waals surface area contributed by atoms with Crippen molar-refractivity contribution in [1.29, 1.82) is 0 Å². The maximum atomic E-state index is 2.57. The minimum Gasteiger partial charge on any atom is -0.309 e. The molecule has 0 atom stereocenters. The first-order chi connectivity index (χ1) is 16.3. The molecule has 0 radical (unpaired) electrons. The number of aromatic nitrogens is 2. The fraction of sp³-hybridized carbons (Fsp3) is 0. The Labute approximate surface area is 204 Å². The van der Waals surface area contributed by atoms with E-state index in [9.17, 15) is 0 Å². The van der Waals surface area contributed by atoms with Crippen LogP contribution in [0.3, 0.4) is 0 Å². The first-order valence-electron chi connectivity index (χ1n) is 11.1. The molecule has 0 N–H and O–H groups in total. The molecule has 0 aliphatic heterocycles. The predicted octanol–water partition coefficient (Wildman–Crippen LogP) is 8.49. The quantitative estimate of drug-likeness (QED) is 0.197. The first kappa shape index (κ1) is 18.9. The van der Waals surface area contributed by atoms with Gasteiger partial charge in [0.1, 0.15) is 0 Å². The van der Waals surface area contributed by atoms with E-state index in [-0.39, 0.29) is 0 Å². The van der Waals surface area contributed by atoms with Crippen molar-refractivity contribution in [1.82, 2.24) is 9.13 Å². The molecule has 7 rings (SSSR count). The number of nitrogens with zero attached hydrogens (tertiary/aromatic N) is 2. The van der Waals surface area contributed by atoms with Crippen molar-refractivity contribution in [2.24, 2.45) is 0 Å². The molecule has 0 bridgehead atoms. The van der Waals surface area contributed by atoms with Gasteiger partial charge in [-0.05, 0) is 65.1 Å². The van der Waals surface area contributed by atoms with Crippen molar-refractivity contribution in [3.05, 3.63) is 119 Å². The molecule has 0 fully saturated rings. The van der Waals surface area contributed by atoms with Crippen LogP contribution in [0.5, 0.6) is 0 Å². The lowest BCUT2D eigenvalue weighted by molar-refractivity contribution is 1.16. The molecule has 0 aliphatic rings. The van der Waals surface area contributed by atoms with Crippen LogP contribution in [0.4, 0.5) is 0 Å². The second kappa shape index (κ2) is 7.22. The van der Waals surface area contributed by atoms with E-state index >= 15 is 0 Å². The summed E-state index contributed by atoms with van der Waals surface area (Å²) in [6.07, 6.45) is 0. The lowest BCUT2D eigenvalue weighted by atomic mass is 10.1. The van der Waals surface area contributed by atoms with Gasteiger partial charge in [-0.3, -0.25) is 0 Å². The van der Waals surface area contributed by atoms with Gasteiger partial charge in [0.25, 0.3) is 0 Å². The van der Waals surface area contributed by atoms with E-state index in [2.05, 4.69) is 147 Å². The van der Waals surface area contributed by atoms with E-state index < -0.39 is 0 Å². The van der Waals surface area contributed by atoms with Crippen LogP contribution in [-0.2, 0) is 0 Å². The van der Waals surface area contributed by atoms with E-state index in [0.717, 1.165) is 0 Å². The number of hydrogen-bond donors (Lipinski definition) is 0. The average molecular weight is 534 g/mol. The highest BCUT2D eigenvalue weighted by Crippen LogP contribution is 2.42. The Bertz CT molecular complexity index is 1680. The Balaban J connectivity index is 1.75. The number of benzene rings is 5. The maximum absolute atomic E-state index is 2.57. The summed E-state index contributed by atoms with van der Waals surface area (Å²) in [7, 11) is 0. The van der Waals surface area contributed by atoms with Crippen LogP contribution >= 0.6 is 22.6 Å². The van der Waals surface area contributed by atoms with Crippen LogP contribution in [-0.4, -0.2) is 9.13 Å². The van der Waals surface area contributed by atoms with Gasteiger partial charge in [-0.15, -0.1) is 0 Å². The van der Waals surface area contributed by atoms with Crippen molar-refractivity contribution in [3.8, 4) is 11.4 Å². The third-order valence-electron chi connectivity index (χ3n) is 6.56. The minimum absolute atomic E-state index is 1.18. The normalized spacial score (nSPS) is 11.8. The van der Waals surface area contributed by atoms with Crippen molar-refractivity contribution in [2.45, 2.75) is 0 Å². The van der Waals surface area contributed by atoms with Crippen molar-refractivity contribution in [2.75, 3.05) is 0 Å². The number of para-hydroxylation sites is 4. The summed E-state index contributed by atoms with van der Waals surface area (Å²) in [5, 5.41) is 5.22. The highest BCUT2D eigenvalue weighted by atomic mass is 127. The monoisotopic (exact) mass is 534 g/mol. The topological polar surface area (TPSA) is 9.86 Å². The molecular weight excluding hydrogens is 515 g/mol. The average Bonchev–Trinajstić information content (AvgIpc) is 3.38. The molecule has 0 aliphatic carbocycles. The Morgan fingerprint density at radius 2 is 0.818 bits per heavy atom. The number of rotatable bonds is 2. The molecule has 0 spiro atoms. The molecule has 0 unspecified atom stereocenters. The van der Waals surface area contributed by atoms with E-state index in [1.54, 1.807) is 0 Å². The maximum Gasteiger partial charge on any atom is 0.0573 e. The molecule has 7 aromatic rings. The third-order valence-corrected chi connectivity index (χ3v) is 7.64. The zero-order chi connectivity index (χ0) is 21.9. The number of hydrogen-bond acceptors (Lipinski definition) is 0. The van der Waals surface area contributed by atoms with E-state index in [4.69, 9.17) is 0 Å². The van der Waals surface area contributed by atoms with E-state index in [0.29, 0.717) is 0 Å². The zero-order valence-corrected chi connectivity index (χ0v) is 19.9. The van der Waals surface area contributed by atoms with Crippen LogP contribution in [0.2, 0.25) is 0 Å². The molecule has 33 heavy (non-hydrogen) atoms. The molecule has 2 nitrogen and oxygen atoms in total. The number of halogens is 1. The lowest BCUT2D eigenvalue weighted by Crippen LogP contribution is -1.96. The minimum atomic E-state index is 1.18. The fourth-order valence-electron chi connectivity index (χ4n) is 5.22. The van der Waals surface area contributed by atoms with Gasteiger partial charge < -0.3 is 9.13 Å². The van der Waals surface area contributed by atoms with Gasteiger partial charge in [0, 0.05) is 36.5 Å². The van der Waals surface area contributed by atoms with Crippen molar-refractivity contribution < 1.29 is 0 Å². The number of fused-ring (bicyclic) bond motifs is 6. The molecule has 0 saturated heterocycles. The summed E-state index contributed by atoms with van der Waals surface area (Å²) in [4.78, 5) is 0. The van der Waals surface area contributed by atoms with Crippen LogP contribution in [0, 0.1) is 3.57 Å². The first-order valence-corrected chi connectivity index (χ1v) is 12.2. The highest BCUT2D eigenvalue weighted by Gasteiger charge is 2.21. The van der Waals surface area contributed by atoms with Crippen LogP contribution in [0.15, 0.2) is 115 Å². The molecule has 2 aromatic heterocycles. The summed E-state index contributed by atoms with van der Waals surface area (Å²) < 4.78 is 6.11. The predicted molar refractivity (Wildman–Crippen MR) is 148 cm³/mol. The Morgan fingerprint density at radius 1 is 0.424 bits per heavy atom. The van der Waals surface area contributed by atoms with E-state index in [1.807, 2.05) is 0 Å². The standard InChI is InChI=1S/C30H19IN2/c31-30-28-22-15-7-9-17-24(22)32(20-11-3-1-4-12-20)26(28)19-27-29(30)23-16-8-10-18-25(23)33(27)21-13-5-2-6-14-21/h1-19H. The molecule has 156 valence electrons. The summed E-state index contributed by atoms with van der Waals surface area (Å²) in [6.45, 7) is 0. The SMILES string of the molecule is Ic1c2c3ccccc3n(-c3ccccc3)c2cc2c1c1ccccc1n2-c1ccccc1. The second-order valence-corrected chi connectivity index (χ2v) is 9.43. The third kappa shape index (κ3) is 2.66. The van der Waals surface area contributed by atoms with Gasteiger partial charge in [0.2, 0.25) is 0 Å². The Morgan fingerprint density at radius 3 is 1.27 bits per heavy atom.